The molecule has 3 rings (SSSR count). The van der Waals surface area contributed by atoms with Crippen LogP contribution in [0.25, 0.3) is 6.08 Å². The Bertz CT molecular complexity index is 834. The molecule has 0 spiro atoms. The fourth-order valence-corrected chi connectivity index (χ4v) is 4.60. The Labute approximate surface area is 160 Å². The van der Waals surface area contributed by atoms with E-state index in [1.165, 1.54) is 0 Å². The molecule has 0 unspecified atom stereocenters. The standard InChI is InChI=1S/C19H24F3N3O3/c1-3-5-11-6-7-14-15-12(8-25(14)18(11)28)13(9-26)16(24(15)4-2)17(27)23-10-19(20,21)22/h3,5-7,12-13,15-16,26H,4,8-10H2,1-2H3,(H,23,27)/b5-3-/t12-,13-,15+,16-/m0/s1. The summed E-state index contributed by atoms with van der Waals surface area (Å²) in [5, 5.41) is 11.9. The summed E-state index contributed by atoms with van der Waals surface area (Å²) < 4.78 is 39.2. The van der Waals surface area contributed by atoms with Gasteiger partial charge in [0.2, 0.25) is 5.91 Å². The maximum Gasteiger partial charge on any atom is 0.405 e. The van der Waals surface area contributed by atoms with Crippen LogP contribution >= 0.6 is 0 Å². The van der Waals surface area contributed by atoms with Crippen LogP contribution in [0.2, 0.25) is 0 Å². The SMILES string of the molecule is C/C=C\c1ccc2n(c1=O)C[C@H]1[C@H](CO)[C@@H](C(=O)NCC(F)(F)F)N(CC)[C@@H]21. The Morgan fingerprint density at radius 2 is 2.11 bits per heavy atom. The van der Waals surface area contributed by atoms with E-state index in [9.17, 15) is 27.9 Å². The van der Waals surface area contributed by atoms with Gasteiger partial charge in [0.25, 0.3) is 5.56 Å². The summed E-state index contributed by atoms with van der Waals surface area (Å²) in [6.45, 7) is 2.62. The molecule has 3 heterocycles. The third-order valence-electron chi connectivity index (χ3n) is 5.66. The molecule has 6 nitrogen and oxygen atoms in total. The van der Waals surface area contributed by atoms with Gasteiger partial charge in [-0.15, -0.1) is 0 Å². The highest BCUT2D eigenvalue weighted by Crippen LogP contribution is 2.48. The number of aromatic nitrogens is 1. The van der Waals surface area contributed by atoms with Crippen LogP contribution in [-0.2, 0) is 11.3 Å². The number of nitrogens with zero attached hydrogens (tertiary/aromatic N) is 2. The van der Waals surface area contributed by atoms with E-state index in [4.69, 9.17) is 0 Å². The smallest absolute Gasteiger partial charge is 0.396 e. The molecule has 0 aromatic carbocycles. The van der Waals surface area contributed by atoms with Crippen LogP contribution in [0.1, 0.15) is 31.1 Å². The summed E-state index contributed by atoms with van der Waals surface area (Å²) in [5.74, 6) is -1.52. The second-order valence-corrected chi connectivity index (χ2v) is 7.19. The summed E-state index contributed by atoms with van der Waals surface area (Å²) in [6.07, 6.45) is -1.01. The minimum Gasteiger partial charge on any atom is -0.396 e. The largest absolute Gasteiger partial charge is 0.405 e. The number of hydrogen-bond donors (Lipinski definition) is 2. The van der Waals surface area contributed by atoms with Crippen LogP contribution in [0, 0.1) is 11.8 Å². The highest BCUT2D eigenvalue weighted by Gasteiger charge is 2.55. The Balaban J connectivity index is 1.95. The first-order valence-electron chi connectivity index (χ1n) is 9.31. The van der Waals surface area contributed by atoms with Crippen molar-refractivity contribution in [3.8, 4) is 0 Å². The lowest BCUT2D eigenvalue weighted by atomic mass is 9.88. The van der Waals surface area contributed by atoms with Crippen LogP contribution < -0.4 is 10.9 Å². The number of fused-ring (bicyclic) bond motifs is 3. The first-order valence-corrected chi connectivity index (χ1v) is 9.31. The molecule has 28 heavy (non-hydrogen) atoms. The van der Waals surface area contributed by atoms with Crippen molar-refractivity contribution in [1.82, 2.24) is 14.8 Å². The molecule has 1 saturated heterocycles. The zero-order valence-corrected chi connectivity index (χ0v) is 15.7. The van der Waals surface area contributed by atoms with Gasteiger partial charge in [-0.3, -0.25) is 14.5 Å². The number of aliphatic hydroxyl groups is 1. The molecule has 0 bridgehead atoms. The lowest BCUT2D eigenvalue weighted by molar-refractivity contribution is -0.142. The topological polar surface area (TPSA) is 74.6 Å². The van der Waals surface area contributed by atoms with E-state index in [1.807, 2.05) is 25.2 Å². The van der Waals surface area contributed by atoms with Crippen LogP contribution in [0.3, 0.4) is 0 Å². The number of carbonyl (C=O) groups excluding carboxylic acids is 1. The van der Waals surface area contributed by atoms with E-state index >= 15 is 0 Å². The number of halogens is 3. The molecular weight excluding hydrogens is 375 g/mol. The van der Waals surface area contributed by atoms with Crippen molar-refractivity contribution in [2.45, 2.75) is 38.7 Å². The number of likely N-dealkylation sites (N-methyl/N-ethyl adjacent to an activating group) is 1. The Hall–Kier alpha value is -2.13. The van der Waals surface area contributed by atoms with Crippen molar-refractivity contribution in [3.63, 3.8) is 0 Å². The first-order chi connectivity index (χ1) is 13.2. The summed E-state index contributed by atoms with van der Waals surface area (Å²) in [4.78, 5) is 27.1. The van der Waals surface area contributed by atoms with E-state index in [0.717, 1.165) is 5.69 Å². The molecule has 0 aliphatic carbocycles. The lowest BCUT2D eigenvalue weighted by Gasteiger charge is -2.29. The maximum atomic E-state index is 12.7. The van der Waals surface area contributed by atoms with Gasteiger partial charge in [0.05, 0.1) is 12.1 Å². The quantitative estimate of drug-likeness (QED) is 0.788. The minimum atomic E-state index is -4.50. The number of carbonyl (C=O) groups is 1. The van der Waals surface area contributed by atoms with E-state index in [1.54, 1.807) is 27.7 Å². The average molecular weight is 399 g/mol. The molecular formula is C19H24F3N3O3. The normalized spacial score (nSPS) is 27.2. The maximum absolute atomic E-state index is 12.7. The van der Waals surface area contributed by atoms with Crippen molar-refractivity contribution in [2.24, 2.45) is 11.8 Å². The summed E-state index contributed by atoms with van der Waals surface area (Å²) in [6, 6.07) is 2.38. The number of hydrogen-bond acceptors (Lipinski definition) is 4. The molecule has 1 aromatic rings. The van der Waals surface area contributed by atoms with Crippen molar-refractivity contribution in [3.05, 3.63) is 39.8 Å². The third-order valence-corrected chi connectivity index (χ3v) is 5.66. The van der Waals surface area contributed by atoms with Gasteiger partial charge in [-0.05, 0) is 25.6 Å². The fraction of sp³-hybridized carbons (Fsp3) is 0.579. The fourth-order valence-electron chi connectivity index (χ4n) is 4.60. The third kappa shape index (κ3) is 3.48. The molecule has 2 aliphatic rings. The molecule has 1 aromatic heterocycles. The lowest BCUT2D eigenvalue weighted by Crippen LogP contribution is -2.50. The van der Waals surface area contributed by atoms with Gasteiger partial charge in [0, 0.05) is 36.2 Å². The minimum absolute atomic E-state index is 0.143. The second-order valence-electron chi connectivity index (χ2n) is 7.19. The van der Waals surface area contributed by atoms with Crippen molar-refractivity contribution < 1.29 is 23.1 Å². The predicted octanol–water partition coefficient (Wildman–Crippen LogP) is 1.54. The van der Waals surface area contributed by atoms with Gasteiger partial charge >= 0.3 is 6.18 Å². The van der Waals surface area contributed by atoms with E-state index < -0.39 is 30.6 Å². The van der Waals surface area contributed by atoms with Crippen LogP contribution in [0.15, 0.2) is 23.0 Å². The van der Waals surface area contributed by atoms with Gasteiger partial charge in [-0.1, -0.05) is 19.1 Å². The predicted molar refractivity (Wildman–Crippen MR) is 97.4 cm³/mol. The molecule has 0 saturated carbocycles. The van der Waals surface area contributed by atoms with Gasteiger partial charge in [-0.2, -0.15) is 13.2 Å². The number of pyridine rings is 1. The van der Waals surface area contributed by atoms with Gasteiger partial charge < -0.3 is 15.0 Å². The molecule has 9 heteroatoms. The van der Waals surface area contributed by atoms with E-state index in [2.05, 4.69) is 0 Å². The highest BCUT2D eigenvalue weighted by molar-refractivity contribution is 5.82. The number of alkyl halides is 3. The van der Waals surface area contributed by atoms with Gasteiger partial charge in [-0.25, -0.2) is 0 Å². The Morgan fingerprint density at radius 1 is 1.39 bits per heavy atom. The molecule has 2 N–H and O–H groups in total. The summed E-state index contributed by atoms with van der Waals surface area (Å²) in [7, 11) is 0. The van der Waals surface area contributed by atoms with Crippen LogP contribution in [-0.4, -0.2) is 52.4 Å². The molecule has 1 fully saturated rings. The number of aliphatic hydroxyl groups excluding tert-OH is 1. The monoisotopic (exact) mass is 399 g/mol. The van der Waals surface area contributed by atoms with Crippen LogP contribution in [0.4, 0.5) is 13.2 Å². The first kappa shape index (κ1) is 20.6. The van der Waals surface area contributed by atoms with E-state index in [-0.39, 0.29) is 24.1 Å². The van der Waals surface area contributed by atoms with Crippen molar-refractivity contribution in [1.29, 1.82) is 0 Å². The van der Waals surface area contributed by atoms with Crippen molar-refractivity contribution >= 4 is 12.0 Å². The molecule has 154 valence electrons. The van der Waals surface area contributed by atoms with Gasteiger partial charge in [0.15, 0.2) is 0 Å². The Morgan fingerprint density at radius 3 is 2.68 bits per heavy atom. The second kappa shape index (κ2) is 7.71. The summed E-state index contributed by atoms with van der Waals surface area (Å²) >= 11 is 0. The molecule has 2 aliphatic heterocycles. The summed E-state index contributed by atoms with van der Waals surface area (Å²) in [5.41, 5.74) is 1.14. The number of likely N-dealkylation sites (tertiary alicyclic amines) is 1. The van der Waals surface area contributed by atoms with Crippen LogP contribution in [0.5, 0.6) is 0 Å². The molecule has 4 atom stereocenters. The Kier molecular flexibility index (Phi) is 5.67. The zero-order chi connectivity index (χ0) is 20.6. The highest BCUT2D eigenvalue weighted by atomic mass is 19.4. The van der Waals surface area contributed by atoms with Gasteiger partial charge in [0.1, 0.15) is 6.54 Å². The number of amides is 1. The number of allylic oxidation sites excluding steroid dienone is 1. The van der Waals surface area contributed by atoms with E-state index in [0.29, 0.717) is 18.7 Å². The van der Waals surface area contributed by atoms with Crippen molar-refractivity contribution in [2.75, 3.05) is 19.7 Å². The zero-order valence-electron chi connectivity index (χ0n) is 15.7. The molecule has 1 amide bonds. The molecule has 0 radical (unpaired) electrons. The number of nitrogens with one attached hydrogen (secondary N) is 1. The number of rotatable bonds is 5. The average Bonchev–Trinajstić information content (AvgIpc) is 3.16.